The number of pyridine rings is 1. The van der Waals surface area contributed by atoms with E-state index in [9.17, 15) is 0 Å². The average Bonchev–Trinajstić information content (AvgIpc) is 3.13. The highest BCUT2D eigenvalue weighted by Crippen LogP contribution is 2.19. The Morgan fingerprint density at radius 3 is 2.95 bits per heavy atom. The molecule has 0 amide bonds. The lowest BCUT2D eigenvalue weighted by molar-refractivity contribution is 0.136. The van der Waals surface area contributed by atoms with E-state index >= 15 is 0 Å². The normalized spacial score (nSPS) is 11.3. The van der Waals surface area contributed by atoms with Gasteiger partial charge in [-0.15, -0.1) is 0 Å². The predicted octanol–water partition coefficient (Wildman–Crippen LogP) is 2.19. The van der Waals surface area contributed by atoms with Crippen molar-refractivity contribution in [1.82, 2.24) is 24.4 Å². The Hall–Kier alpha value is -2.21. The molecule has 6 nitrogen and oxygen atoms in total. The van der Waals surface area contributed by atoms with E-state index in [1.165, 1.54) is 0 Å². The van der Waals surface area contributed by atoms with Crippen LogP contribution in [0.1, 0.15) is 19.7 Å². The van der Waals surface area contributed by atoms with Crippen LogP contribution >= 0.6 is 0 Å². The topological polar surface area (TPSA) is 57.2 Å². The van der Waals surface area contributed by atoms with E-state index in [4.69, 9.17) is 4.74 Å². The minimum atomic E-state index is 0.644. The van der Waals surface area contributed by atoms with Gasteiger partial charge in [0.1, 0.15) is 0 Å². The molecule has 0 aliphatic heterocycles. The third-order valence-corrected chi connectivity index (χ3v) is 3.34. The molecule has 0 aliphatic rings. The van der Waals surface area contributed by atoms with Gasteiger partial charge >= 0.3 is 0 Å². The van der Waals surface area contributed by atoms with Gasteiger partial charge in [0.15, 0.2) is 11.6 Å². The van der Waals surface area contributed by atoms with Gasteiger partial charge in [-0.25, -0.2) is 14.2 Å². The van der Waals surface area contributed by atoms with Gasteiger partial charge in [-0.05, 0) is 25.1 Å². The van der Waals surface area contributed by atoms with Gasteiger partial charge in [0, 0.05) is 31.0 Å². The Morgan fingerprint density at radius 1 is 1.24 bits per heavy atom. The number of aromatic nitrogens is 5. The first-order valence-electron chi connectivity index (χ1n) is 7.27. The second kappa shape index (κ2) is 6.05. The van der Waals surface area contributed by atoms with Crippen molar-refractivity contribution >= 4 is 5.52 Å². The summed E-state index contributed by atoms with van der Waals surface area (Å²) in [4.78, 5) is 4.64. The maximum absolute atomic E-state index is 5.43. The standard InChI is InChI=1S/C15H19N5O/c1-3-14-17-15(20(18-14)9-10-21-4-2)12-6-8-19-13(11-12)5-7-16-19/h5-8,11H,3-4,9-10H2,1-2H3. The molecule has 21 heavy (non-hydrogen) atoms. The molecule has 0 aromatic carbocycles. The quantitative estimate of drug-likeness (QED) is 0.651. The Kier molecular flexibility index (Phi) is 3.96. The van der Waals surface area contributed by atoms with E-state index in [0.29, 0.717) is 19.8 Å². The van der Waals surface area contributed by atoms with Gasteiger partial charge in [-0.2, -0.15) is 10.2 Å². The monoisotopic (exact) mass is 285 g/mol. The summed E-state index contributed by atoms with van der Waals surface area (Å²) in [6.45, 7) is 6.12. The van der Waals surface area contributed by atoms with Gasteiger partial charge in [-0.3, -0.25) is 0 Å². The third kappa shape index (κ3) is 2.80. The highest BCUT2D eigenvalue weighted by Gasteiger charge is 2.11. The molecule has 0 bridgehead atoms. The first-order chi connectivity index (χ1) is 10.3. The lowest BCUT2D eigenvalue weighted by Crippen LogP contribution is -2.09. The number of nitrogens with zero attached hydrogens (tertiary/aromatic N) is 5. The van der Waals surface area contributed by atoms with Crippen LogP contribution in [0.5, 0.6) is 0 Å². The second-order valence-electron chi connectivity index (χ2n) is 4.74. The average molecular weight is 285 g/mol. The highest BCUT2D eigenvalue weighted by molar-refractivity contribution is 5.63. The molecule has 3 rings (SSSR count). The summed E-state index contributed by atoms with van der Waals surface area (Å²) in [5, 5.41) is 8.76. The fourth-order valence-electron chi connectivity index (χ4n) is 2.26. The van der Waals surface area contributed by atoms with Crippen LogP contribution in [0.3, 0.4) is 0 Å². The van der Waals surface area contributed by atoms with E-state index in [-0.39, 0.29) is 0 Å². The molecular formula is C15H19N5O. The van der Waals surface area contributed by atoms with Crippen molar-refractivity contribution in [3.05, 3.63) is 36.4 Å². The smallest absolute Gasteiger partial charge is 0.158 e. The zero-order chi connectivity index (χ0) is 14.7. The molecule has 0 atom stereocenters. The maximum atomic E-state index is 5.43. The molecule has 0 radical (unpaired) electrons. The van der Waals surface area contributed by atoms with E-state index < -0.39 is 0 Å². The van der Waals surface area contributed by atoms with E-state index in [1.807, 2.05) is 34.5 Å². The number of aryl methyl sites for hydroxylation is 1. The number of fused-ring (bicyclic) bond motifs is 1. The Balaban J connectivity index is 1.96. The molecule has 0 fully saturated rings. The van der Waals surface area contributed by atoms with Crippen LogP contribution in [0.25, 0.3) is 16.9 Å². The van der Waals surface area contributed by atoms with E-state index in [2.05, 4.69) is 28.2 Å². The summed E-state index contributed by atoms with van der Waals surface area (Å²) in [5.41, 5.74) is 2.09. The van der Waals surface area contributed by atoms with Crippen LogP contribution in [0.2, 0.25) is 0 Å². The van der Waals surface area contributed by atoms with Crippen molar-refractivity contribution in [2.75, 3.05) is 13.2 Å². The number of hydrogen-bond acceptors (Lipinski definition) is 4. The molecule has 0 unspecified atom stereocenters. The molecule has 3 heterocycles. The third-order valence-electron chi connectivity index (χ3n) is 3.34. The molecule has 6 heteroatoms. The van der Waals surface area contributed by atoms with Gasteiger partial charge in [-0.1, -0.05) is 6.92 Å². The van der Waals surface area contributed by atoms with Crippen molar-refractivity contribution in [1.29, 1.82) is 0 Å². The molecule has 0 saturated carbocycles. The lowest BCUT2D eigenvalue weighted by atomic mass is 10.2. The fraction of sp³-hybridized carbons (Fsp3) is 0.400. The lowest BCUT2D eigenvalue weighted by Gasteiger charge is -2.06. The van der Waals surface area contributed by atoms with Gasteiger partial charge in [0.2, 0.25) is 0 Å². The van der Waals surface area contributed by atoms with Crippen LogP contribution in [0.15, 0.2) is 30.6 Å². The summed E-state index contributed by atoms with van der Waals surface area (Å²) >= 11 is 0. The van der Waals surface area contributed by atoms with Gasteiger partial charge in [0.25, 0.3) is 0 Å². The molecule has 3 aromatic heterocycles. The summed E-state index contributed by atoms with van der Waals surface area (Å²) in [5.74, 6) is 1.74. The molecular weight excluding hydrogens is 266 g/mol. The van der Waals surface area contributed by atoms with Crippen molar-refractivity contribution in [3.63, 3.8) is 0 Å². The van der Waals surface area contributed by atoms with Crippen LogP contribution in [0.4, 0.5) is 0 Å². The summed E-state index contributed by atoms with van der Waals surface area (Å²) in [6.07, 6.45) is 4.55. The zero-order valence-electron chi connectivity index (χ0n) is 12.4. The van der Waals surface area contributed by atoms with Gasteiger partial charge < -0.3 is 4.74 Å². The molecule has 0 spiro atoms. The van der Waals surface area contributed by atoms with Gasteiger partial charge in [0.05, 0.1) is 18.7 Å². The maximum Gasteiger partial charge on any atom is 0.158 e. The number of rotatable bonds is 6. The Labute approximate surface area is 123 Å². The van der Waals surface area contributed by atoms with Crippen molar-refractivity contribution in [2.45, 2.75) is 26.8 Å². The first-order valence-corrected chi connectivity index (χ1v) is 7.27. The van der Waals surface area contributed by atoms with Crippen molar-refractivity contribution in [2.24, 2.45) is 0 Å². The van der Waals surface area contributed by atoms with Crippen LogP contribution in [0, 0.1) is 0 Å². The molecule has 0 saturated heterocycles. The molecule has 0 N–H and O–H groups in total. The van der Waals surface area contributed by atoms with E-state index in [0.717, 1.165) is 29.1 Å². The first kappa shape index (κ1) is 13.8. The zero-order valence-corrected chi connectivity index (χ0v) is 12.4. The number of hydrogen-bond donors (Lipinski definition) is 0. The van der Waals surface area contributed by atoms with E-state index in [1.54, 1.807) is 6.20 Å². The highest BCUT2D eigenvalue weighted by atomic mass is 16.5. The fourth-order valence-corrected chi connectivity index (χ4v) is 2.26. The summed E-state index contributed by atoms with van der Waals surface area (Å²) < 4.78 is 9.19. The minimum absolute atomic E-state index is 0.644. The molecule has 110 valence electrons. The predicted molar refractivity (Wildman–Crippen MR) is 80.1 cm³/mol. The van der Waals surface area contributed by atoms with Crippen LogP contribution < -0.4 is 0 Å². The number of ether oxygens (including phenoxy) is 1. The summed E-state index contributed by atoms with van der Waals surface area (Å²) in [7, 11) is 0. The SMILES string of the molecule is CCOCCn1nc(CC)nc1-c1ccn2nccc2c1. The minimum Gasteiger partial charge on any atom is -0.380 e. The summed E-state index contributed by atoms with van der Waals surface area (Å²) in [6, 6.07) is 6.07. The Morgan fingerprint density at radius 2 is 2.14 bits per heavy atom. The van der Waals surface area contributed by atoms with Crippen LogP contribution in [-0.4, -0.2) is 37.6 Å². The Bertz CT molecular complexity index is 731. The largest absolute Gasteiger partial charge is 0.380 e. The molecule has 0 aliphatic carbocycles. The molecule has 3 aromatic rings. The van der Waals surface area contributed by atoms with Crippen molar-refractivity contribution in [3.8, 4) is 11.4 Å². The van der Waals surface area contributed by atoms with Crippen LogP contribution in [-0.2, 0) is 17.7 Å². The second-order valence-corrected chi connectivity index (χ2v) is 4.74. The van der Waals surface area contributed by atoms with Crippen molar-refractivity contribution < 1.29 is 4.74 Å².